The first kappa shape index (κ1) is 15.6. The number of rotatable bonds is 3. The zero-order chi connectivity index (χ0) is 16.4. The van der Waals surface area contributed by atoms with Crippen LogP contribution in [-0.2, 0) is 11.8 Å². The maximum absolute atomic E-state index is 12.9. The van der Waals surface area contributed by atoms with E-state index in [-0.39, 0.29) is 11.9 Å². The van der Waals surface area contributed by atoms with Crippen LogP contribution in [0.5, 0.6) is 0 Å². The van der Waals surface area contributed by atoms with E-state index in [9.17, 15) is 4.79 Å². The van der Waals surface area contributed by atoms with Crippen LogP contribution in [0.3, 0.4) is 0 Å². The fourth-order valence-electron chi connectivity index (χ4n) is 2.86. The van der Waals surface area contributed by atoms with Gasteiger partial charge in [0.05, 0.1) is 24.8 Å². The fraction of sp³-hybridized carbons (Fsp3) is 0.412. The van der Waals surface area contributed by atoms with Crippen LogP contribution in [0, 0.1) is 0 Å². The number of morpholine rings is 1. The number of nitrogens with zero attached hydrogens (tertiary/aromatic N) is 4. The van der Waals surface area contributed by atoms with Crippen molar-refractivity contribution in [2.24, 2.45) is 7.05 Å². The first-order chi connectivity index (χ1) is 11.1. The third kappa shape index (κ3) is 3.07. The molecule has 0 saturated carbocycles. The maximum Gasteiger partial charge on any atom is 0.256 e. The molecule has 0 aromatic carbocycles. The summed E-state index contributed by atoms with van der Waals surface area (Å²) >= 11 is 0. The van der Waals surface area contributed by atoms with Gasteiger partial charge in [-0.25, -0.2) is 4.98 Å². The molecular formula is C17H22N4O2. The average Bonchev–Trinajstić information content (AvgIpc) is 3.00. The van der Waals surface area contributed by atoms with Crippen molar-refractivity contribution < 1.29 is 9.53 Å². The molecule has 0 radical (unpaired) electrons. The van der Waals surface area contributed by atoms with Gasteiger partial charge in [-0.15, -0.1) is 0 Å². The Morgan fingerprint density at radius 1 is 1.35 bits per heavy atom. The molecule has 1 aliphatic heterocycles. The summed E-state index contributed by atoms with van der Waals surface area (Å²) in [6.07, 6.45) is 3.63. The summed E-state index contributed by atoms with van der Waals surface area (Å²) in [5.74, 6) is 0.833. The molecule has 3 rings (SSSR count). The Bertz CT molecular complexity index is 678. The first-order valence-electron chi connectivity index (χ1n) is 7.71. The third-order valence-electron chi connectivity index (χ3n) is 4.17. The Hall–Kier alpha value is -2.34. The lowest BCUT2D eigenvalue weighted by Crippen LogP contribution is -2.44. The molecule has 1 aliphatic rings. The smallest absolute Gasteiger partial charge is 0.256 e. The number of aryl methyl sites for hydroxylation is 1. The van der Waals surface area contributed by atoms with E-state index >= 15 is 0 Å². The van der Waals surface area contributed by atoms with E-state index in [2.05, 4.69) is 4.98 Å². The lowest BCUT2D eigenvalue weighted by molar-refractivity contribution is -0.00465. The molecule has 1 fully saturated rings. The van der Waals surface area contributed by atoms with Crippen LogP contribution in [0.4, 0.5) is 5.82 Å². The van der Waals surface area contributed by atoms with Crippen molar-refractivity contribution in [3.8, 4) is 0 Å². The Morgan fingerprint density at radius 2 is 2.17 bits per heavy atom. The van der Waals surface area contributed by atoms with Gasteiger partial charge in [-0.1, -0.05) is 0 Å². The molecule has 1 saturated heterocycles. The standard InChI is InChI=1S/C17H22N4O2/c1-19(2)16-7-6-13(11-18-16)17(22)21-9-10-23-12-15(21)14-5-4-8-20(14)3/h4-8,11,15H,9-10,12H2,1-3H3/t15-/m1/s1. The van der Waals surface area contributed by atoms with E-state index in [4.69, 9.17) is 4.74 Å². The molecule has 6 heteroatoms. The summed E-state index contributed by atoms with van der Waals surface area (Å²) in [5, 5.41) is 0. The Balaban J connectivity index is 1.85. The van der Waals surface area contributed by atoms with Gasteiger partial charge in [0.1, 0.15) is 5.82 Å². The van der Waals surface area contributed by atoms with Gasteiger partial charge in [-0.3, -0.25) is 4.79 Å². The van der Waals surface area contributed by atoms with Crippen molar-refractivity contribution in [1.29, 1.82) is 0 Å². The van der Waals surface area contributed by atoms with Crippen molar-refractivity contribution in [2.45, 2.75) is 6.04 Å². The zero-order valence-corrected chi connectivity index (χ0v) is 13.8. The molecule has 0 unspecified atom stereocenters. The fourth-order valence-corrected chi connectivity index (χ4v) is 2.86. The van der Waals surface area contributed by atoms with Crippen LogP contribution in [0.25, 0.3) is 0 Å². The van der Waals surface area contributed by atoms with Crippen LogP contribution < -0.4 is 4.90 Å². The van der Waals surface area contributed by atoms with Gasteiger partial charge in [0.25, 0.3) is 5.91 Å². The summed E-state index contributed by atoms with van der Waals surface area (Å²) in [7, 11) is 5.84. The molecule has 0 aliphatic carbocycles. The summed E-state index contributed by atoms with van der Waals surface area (Å²) in [6.45, 7) is 1.67. The van der Waals surface area contributed by atoms with Gasteiger partial charge in [0.2, 0.25) is 0 Å². The van der Waals surface area contributed by atoms with Crippen LogP contribution in [0.2, 0.25) is 0 Å². The second-order valence-electron chi connectivity index (χ2n) is 5.93. The Kier molecular flexibility index (Phi) is 4.34. The number of hydrogen-bond acceptors (Lipinski definition) is 4. The molecule has 2 aromatic rings. The van der Waals surface area contributed by atoms with E-state index in [0.717, 1.165) is 11.5 Å². The number of ether oxygens (including phenoxy) is 1. The number of hydrogen-bond donors (Lipinski definition) is 0. The molecule has 1 amide bonds. The van der Waals surface area contributed by atoms with Crippen molar-refractivity contribution >= 4 is 11.7 Å². The van der Waals surface area contributed by atoms with Crippen molar-refractivity contribution in [3.05, 3.63) is 47.9 Å². The van der Waals surface area contributed by atoms with E-state index in [1.54, 1.807) is 6.20 Å². The molecular weight excluding hydrogens is 292 g/mol. The Labute approximate surface area is 136 Å². The largest absolute Gasteiger partial charge is 0.377 e. The quantitative estimate of drug-likeness (QED) is 0.865. The second kappa shape index (κ2) is 6.42. The number of carbonyl (C=O) groups excluding carboxylic acids is 1. The third-order valence-corrected chi connectivity index (χ3v) is 4.17. The summed E-state index contributed by atoms with van der Waals surface area (Å²) < 4.78 is 7.63. The molecule has 0 bridgehead atoms. The van der Waals surface area contributed by atoms with Crippen LogP contribution in [-0.4, -0.2) is 54.2 Å². The molecule has 1 atom stereocenters. The highest BCUT2D eigenvalue weighted by atomic mass is 16.5. The lowest BCUT2D eigenvalue weighted by atomic mass is 10.1. The van der Waals surface area contributed by atoms with Crippen molar-refractivity contribution in [1.82, 2.24) is 14.5 Å². The number of aromatic nitrogens is 2. The summed E-state index contributed by atoms with van der Waals surface area (Å²) in [6, 6.07) is 7.66. The normalized spacial score (nSPS) is 18.0. The molecule has 3 heterocycles. The first-order valence-corrected chi connectivity index (χ1v) is 7.71. The highest BCUT2D eigenvalue weighted by Crippen LogP contribution is 2.26. The van der Waals surface area contributed by atoms with E-state index in [1.165, 1.54) is 0 Å². The van der Waals surface area contributed by atoms with Gasteiger partial charge in [0, 0.05) is 45.8 Å². The minimum absolute atomic E-state index is 0.00249. The maximum atomic E-state index is 12.9. The molecule has 122 valence electrons. The number of anilines is 1. The molecule has 6 nitrogen and oxygen atoms in total. The van der Waals surface area contributed by atoms with Crippen LogP contribution >= 0.6 is 0 Å². The number of carbonyl (C=O) groups is 1. The highest BCUT2D eigenvalue weighted by Gasteiger charge is 2.30. The molecule has 0 N–H and O–H groups in total. The number of amides is 1. The monoisotopic (exact) mass is 314 g/mol. The van der Waals surface area contributed by atoms with Gasteiger partial charge >= 0.3 is 0 Å². The lowest BCUT2D eigenvalue weighted by Gasteiger charge is -2.36. The topological polar surface area (TPSA) is 50.6 Å². The minimum Gasteiger partial charge on any atom is -0.377 e. The minimum atomic E-state index is -0.0650. The zero-order valence-electron chi connectivity index (χ0n) is 13.8. The van der Waals surface area contributed by atoms with E-state index < -0.39 is 0 Å². The van der Waals surface area contributed by atoms with Crippen molar-refractivity contribution in [2.75, 3.05) is 38.8 Å². The SMILES string of the molecule is CN(C)c1ccc(C(=O)N2CCOC[C@@H]2c2cccn2C)cn1. The predicted molar refractivity (Wildman–Crippen MR) is 88.6 cm³/mol. The van der Waals surface area contributed by atoms with Gasteiger partial charge in [-0.2, -0.15) is 0 Å². The van der Waals surface area contributed by atoms with E-state index in [0.29, 0.717) is 25.3 Å². The molecule has 2 aromatic heterocycles. The summed E-state index contributed by atoms with van der Waals surface area (Å²) in [4.78, 5) is 21.0. The number of pyridine rings is 1. The predicted octanol–water partition coefficient (Wildman–Crippen LogP) is 1.70. The molecule has 0 spiro atoms. The van der Waals surface area contributed by atoms with Gasteiger partial charge in [0.15, 0.2) is 0 Å². The second-order valence-corrected chi connectivity index (χ2v) is 5.93. The van der Waals surface area contributed by atoms with Crippen LogP contribution in [0.1, 0.15) is 22.1 Å². The van der Waals surface area contributed by atoms with Crippen molar-refractivity contribution in [3.63, 3.8) is 0 Å². The van der Waals surface area contributed by atoms with Gasteiger partial charge < -0.3 is 19.1 Å². The Morgan fingerprint density at radius 3 is 2.78 bits per heavy atom. The average molecular weight is 314 g/mol. The van der Waals surface area contributed by atoms with Gasteiger partial charge in [-0.05, 0) is 24.3 Å². The van der Waals surface area contributed by atoms with E-state index in [1.807, 2.05) is 66.0 Å². The highest BCUT2D eigenvalue weighted by molar-refractivity contribution is 5.94. The molecule has 23 heavy (non-hydrogen) atoms. The van der Waals surface area contributed by atoms with Crippen LogP contribution in [0.15, 0.2) is 36.7 Å². The summed E-state index contributed by atoms with van der Waals surface area (Å²) in [5.41, 5.74) is 1.69.